The Hall–Kier alpha value is -3.09. The van der Waals surface area contributed by atoms with E-state index in [-0.39, 0.29) is 30.7 Å². The van der Waals surface area contributed by atoms with E-state index >= 15 is 0 Å². The normalized spacial score (nSPS) is 13.9. The molecule has 0 unspecified atom stereocenters. The molecule has 6 nitrogen and oxygen atoms in total. The molecule has 0 atom stereocenters. The van der Waals surface area contributed by atoms with Gasteiger partial charge in [-0.25, -0.2) is 4.39 Å². The number of amides is 2. The van der Waals surface area contributed by atoms with Gasteiger partial charge in [-0.05, 0) is 29.8 Å². The lowest BCUT2D eigenvalue weighted by Crippen LogP contribution is -2.51. The number of hydrogen-bond donors (Lipinski definition) is 0. The molecule has 0 radical (unpaired) electrons. The van der Waals surface area contributed by atoms with E-state index in [1.165, 1.54) is 24.0 Å². The number of hydrogen-bond acceptors (Lipinski definition) is 4. The smallest absolute Gasteiger partial charge is 0.242 e. The molecule has 1 aliphatic rings. The van der Waals surface area contributed by atoms with Crippen molar-refractivity contribution in [2.75, 3.05) is 44.7 Å². The maximum Gasteiger partial charge on any atom is 0.242 e. The zero-order valence-electron chi connectivity index (χ0n) is 16.8. The van der Waals surface area contributed by atoms with Gasteiger partial charge in [0.15, 0.2) is 0 Å². The number of piperazine rings is 1. The van der Waals surface area contributed by atoms with E-state index in [9.17, 15) is 14.0 Å². The zero-order valence-corrected chi connectivity index (χ0v) is 16.8. The van der Waals surface area contributed by atoms with E-state index < -0.39 is 0 Å². The third-order valence-electron chi connectivity index (χ3n) is 5.12. The first-order valence-corrected chi connectivity index (χ1v) is 9.63. The lowest BCUT2D eigenvalue weighted by molar-refractivity contribution is -0.140. The Morgan fingerprint density at radius 3 is 2.31 bits per heavy atom. The van der Waals surface area contributed by atoms with Crippen molar-refractivity contribution in [1.82, 2.24) is 9.80 Å². The van der Waals surface area contributed by atoms with Crippen LogP contribution in [0.25, 0.3) is 0 Å². The molecule has 2 aromatic carbocycles. The summed E-state index contributed by atoms with van der Waals surface area (Å²) in [5.74, 6) is 0.221. The maximum absolute atomic E-state index is 13.1. The molecule has 0 aromatic heterocycles. The number of ether oxygens (including phenoxy) is 1. The van der Waals surface area contributed by atoms with E-state index in [2.05, 4.69) is 4.90 Å². The number of methoxy groups -OCH3 is 1. The molecule has 1 fully saturated rings. The molecule has 0 bridgehead atoms. The highest BCUT2D eigenvalue weighted by Gasteiger charge is 2.25. The Labute approximate surface area is 170 Å². The molecule has 3 rings (SSSR count). The van der Waals surface area contributed by atoms with Gasteiger partial charge in [-0.15, -0.1) is 0 Å². The van der Waals surface area contributed by atoms with Crippen molar-refractivity contribution in [2.24, 2.45) is 0 Å². The van der Waals surface area contributed by atoms with E-state index in [1.807, 2.05) is 24.3 Å². The minimum absolute atomic E-state index is 0.0152. The third kappa shape index (κ3) is 5.25. The summed E-state index contributed by atoms with van der Waals surface area (Å²) < 4.78 is 18.5. The van der Waals surface area contributed by atoms with Crippen molar-refractivity contribution in [3.05, 3.63) is 59.9 Å². The number of rotatable bonds is 6. The second-order valence-electron chi connectivity index (χ2n) is 7.04. The number of para-hydroxylation sites is 2. The number of anilines is 1. The van der Waals surface area contributed by atoms with Crippen molar-refractivity contribution >= 4 is 17.5 Å². The van der Waals surface area contributed by atoms with Crippen molar-refractivity contribution in [3.63, 3.8) is 0 Å². The first-order chi connectivity index (χ1) is 14.0. The summed E-state index contributed by atoms with van der Waals surface area (Å²) >= 11 is 0. The number of benzene rings is 2. The van der Waals surface area contributed by atoms with Crippen LogP contribution in [0.2, 0.25) is 0 Å². The Morgan fingerprint density at radius 2 is 1.69 bits per heavy atom. The second kappa shape index (κ2) is 9.41. The predicted molar refractivity (Wildman–Crippen MR) is 109 cm³/mol. The van der Waals surface area contributed by atoms with Crippen LogP contribution in [0.5, 0.6) is 5.75 Å². The zero-order chi connectivity index (χ0) is 20.8. The standard InChI is InChI=1S/C22H26FN3O3/c1-17(27)26(15-18-7-9-19(23)10-8-18)16-22(28)25-13-11-24(12-14-25)20-5-3-4-6-21(20)29-2/h3-10H,11-16H2,1-2H3. The molecule has 1 aliphatic heterocycles. The molecule has 0 aliphatic carbocycles. The Bertz CT molecular complexity index is 849. The average Bonchev–Trinajstić information content (AvgIpc) is 2.74. The molecular weight excluding hydrogens is 373 g/mol. The molecule has 0 saturated carbocycles. The van der Waals surface area contributed by atoms with Crippen LogP contribution in [0.15, 0.2) is 48.5 Å². The van der Waals surface area contributed by atoms with Gasteiger partial charge < -0.3 is 19.4 Å². The summed E-state index contributed by atoms with van der Waals surface area (Å²) in [5.41, 5.74) is 1.80. The molecular formula is C22H26FN3O3. The Kier molecular flexibility index (Phi) is 6.69. The monoisotopic (exact) mass is 399 g/mol. The second-order valence-corrected chi connectivity index (χ2v) is 7.04. The summed E-state index contributed by atoms with van der Waals surface area (Å²) in [6.45, 7) is 4.30. The maximum atomic E-state index is 13.1. The SMILES string of the molecule is COc1ccccc1N1CCN(C(=O)CN(Cc2ccc(F)cc2)C(C)=O)CC1. The molecule has 2 amide bonds. The predicted octanol–water partition coefficient (Wildman–Crippen LogP) is 2.53. The van der Waals surface area contributed by atoms with Gasteiger partial charge in [0.25, 0.3) is 0 Å². The van der Waals surface area contributed by atoms with E-state index in [0.717, 1.165) is 17.0 Å². The van der Waals surface area contributed by atoms with Gasteiger partial charge in [0.05, 0.1) is 12.8 Å². The van der Waals surface area contributed by atoms with E-state index in [1.54, 1.807) is 24.1 Å². The number of carbonyl (C=O) groups is 2. The highest BCUT2D eigenvalue weighted by molar-refractivity contribution is 5.84. The summed E-state index contributed by atoms with van der Waals surface area (Å²) in [6.07, 6.45) is 0. The van der Waals surface area contributed by atoms with Gasteiger partial charge in [0, 0.05) is 39.6 Å². The van der Waals surface area contributed by atoms with Gasteiger partial charge in [-0.3, -0.25) is 9.59 Å². The van der Waals surface area contributed by atoms with Crippen LogP contribution >= 0.6 is 0 Å². The highest BCUT2D eigenvalue weighted by Crippen LogP contribution is 2.28. The van der Waals surface area contributed by atoms with Gasteiger partial charge in [0.1, 0.15) is 18.1 Å². The summed E-state index contributed by atoms with van der Waals surface area (Å²) in [5, 5.41) is 0. The fourth-order valence-corrected chi connectivity index (χ4v) is 3.44. The minimum Gasteiger partial charge on any atom is -0.495 e. The Balaban J connectivity index is 1.57. The first-order valence-electron chi connectivity index (χ1n) is 9.63. The van der Waals surface area contributed by atoms with Crippen molar-refractivity contribution in [3.8, 4) is 5.75 Å². The lowest BCUT2D eigenvalue weighted by Gasteiger charge is -2.37. The quantitative estimate of drug-likeness (QED) is 0.749. The van der Waals surface area contributed by atoms with Crippen LogP contribution in [0.4, 0.5) is 10.1 Å². The molecule has 2 aromatic rings. The summed E-state index contributed by atoms with van der Waals surface area (Å²) in [4.78, 5) is 30.2. The van der Waals surface area contributed by atoms with Crippen LogP contribution in [0.1, 0.15) is 12.5 Å². The topological polar surface area (TPSA) is 53.1 Å². The van der Waals surface area contributed by atoms with Crippen LogP contribution in [0.3, 0.4) is 0 Å². The van der Waals surface area contributed by atoms with Crippen LogP contribution in [-0.2, 0) is 16.1 Å². The lowest BCUT2D eigenvalue weighted by atomic mass is 10.2. The Morgan fingerprint density at radius 1 is 1.03 bits per heavy atom. The first kappa shape index (κ1) is 20.6. The van der Waals surface area contributed by atoms with Crippen LogP contribution < -0.4 is 9.64 Å². The third-order valence-corrected chi connectivity index (χ3v) is 5.12. The van der Waals surface area contributed by atoms with Gasteiger partial charge in [-0.1, -0.05) is 24.3 Å². The fraction of sp³-hybridized carbons (Fsp3) is 0.364. The fourth-order valence-electron chi connectivity index (χ4n) is 3.44. The van der Waals surface area contributed by atoms with Crippen LogP contribution in [-0.4, -0.2) is 61.4 Å². The highest BCUT2D eigenvalue weighted by atomic mass is 19.1. The molecule has 0 spiro atoms. The van der Waals surface area contributed by atoms with Gasteiger partial charge in [-0.2, -0.15) is 0 Å². The van der Waals surface area contributed by atoms with E-state index in [4.69, 9.17) is 4.74 Å². The number of carbonyl (C=O) groups excluding carboxylic acids is 2. The van der Waals surface area contributed by atoms with Crippen molar-refractivity contribution in [1.29, 1.82) is 0 Å². The minimum atomic E-state index is -0.327. The summed E-state index contributed by atoms with van der Waals surface area (Å²) in [7, 11) is 1.65. The van der Waals surface area contributed by atoms with Crippen LogP contribution in [0, 0.1) is 5.82 Å². The largest absolute Gasteiger partial charge is 0.495 e. The van der Waals surface area contributed by atoms with Crippen molar-refractivity contribution < 1.29 is 18.7 Å². The molecule has 29 heavy (non-hydrogen) atoms. The molecule has 0 N–H and O–H groups in total. The van der Waals surface area contributed by atoms with Gasteiger partial charge >= 0.3 is 0 Å². The molecule has 154 valence electrons. The number of halogens is 1. The van der Waals surface area contributed by atoms with Crippen molar-refractivity contribution in [2.45, 2.75) is 13.5 Å². The number of nitrogens with zero attached hydrogens (tertiary/aromatic N) is 3. The molecule has 7 heteroatoms. The van der Waals surface area contributed by atoms with E-state index in [0.29, 0.717) is 26.2 Å². The average molecular weight is 399 g/mol. The molecule has 1 saturated heterocycles. The molecule has 1 heterocycles. The van der Waals surface area contributed by atoms with Gasteiger partial charge in [0.2, 0.25) is 11.8 Å². The summed E-state index contributed by atoms with van der Waals surface area (Å²) in [6, 6.07) is 13.8.